The lowest BCUT2D eigenvalue weighted by Crippen LogP contribution is -2.18. The molecule has 0 aliphatic rings. The summed E-state index contributed by atoms with van der Waals surface area (Å²) in [6.45, 7) is 0. The van der Waals surface area contributed by atoms with Crippen LogP contribution in [0, 0.1) is 5.82 Å². The molecule has 2 rings (SSSR count). The highest BCUT2D eigenvalue weighted by atomic mass is 19.1. The molecule has 0 spiro atoms. The zero-order valence-corrected chi connectivity index (χ0v) is 12.0. The zero-order valence-electron chi connectivity index (χ0n) is 12.0. The van der Waals surface area contributed by atoms with Crippen LogP contribution in [-0.2, 0) is 4.79 Å². The van der Waals surface area contributed by atoms with Gasteiger partial charge in [-0.1, -0.05) is 18.2 Å². The van der Waals surface area contributed by atoms with Crippen molar-refractivity contribution in [1.29, 1.82) is 0 Å². The molecule has 2 aromatic carbocycles. The topological polar surface area (TPSA) is 58.2 Å². The number of hydrogen-bond acceptors (Lipinski definition) is 2. The van der Waals surface area contributed by atoms with Crippen LogP contribution in [0.15, 0.2) is 54.6 Å². The minimum atomic E-state index is -0.335. The molecule has 0 radical (unpaired) electrons. The number of anilines is 1. The molecule has 0 saturated carbocycles. The maximum Gasteiger partial charge on any atom is 0.251 e. The Morgan fingerprint density at radius 2 is 1.82 bits per heavy atom. The first-order chi connectivity index (χ1) is 10.6. The van der Waals surface area contributed by atoms with Gasteiger partial charge < -0.3 is 10.6 Å². The van der Waals surface area contributed by atoms with Gasteiger partial charge in [-0.05, 0) is 42.0 Å². The molecule has 0 atom stereocenters. The molecule has 0 unspecified atom stereocenters. The van der Waals surface area contributed by atoms with Gasteiger partial charge >= 0.3 is 0 Å². The third kappa shape index (κ3) is 4.28. The van der Waals surface area contributed by atoms with Crippen LogP contribution in [0.25, 0.3) is 6.08 Å². The van der Waals surface area contributed by atoms with E-state index in [4.69, 9.17) is 0 Å². The molecule has 5 heteroatoms. The van der Waals surface area contributed by atoms with Crippen LogP contribution in [0.3, 0.4) is 0 Å². The van der Waals surface area contributed by atoms with Crippen molar-refractivity contribution in [2.75, 3.05) is 12.4 Å². The van der Waals surface area contributed by atoms with Gasteiger partial charge in [-0.15, -0.1) is 0 Å². The van der Waals surface area contributed by atoms with Crippen LogP contribution in [0.4, 0.5) is 10.1 Å². The van der Waals surface area contributed by atoms with Crippen molar-refractivity contribution in [3.63, 3.8) is 0 Å². The van der Waals surface area contributed by atoms with E-state index in [2.05, 4.69) is 10.6 Å². The van der Waals surface area contributed by atoms with E-state index >= 15 is 0 Å². The summed E-state index contributed by atoms with van der Waals surface area (Å²) in [5, 5.41) is 5.18. The van der Waals surface area contributed by atoms with Crippen molar-refractivity contribution in [3.05, 3.63) is 71.6 Å². The summed E-state index contributed by atoms with van der Waals surface area (Å²) in [4.78, 5) is 23.4. The Balaban J connectivity index is 2.02. The van der Waals surface area contributed by atoms with Crippen molar-refractivity contribution in [2.45, 2.75) is 0 Å². The molecule has 0 fully saturated rings. The van der Waals surface area contributed by atoms with Gasteiger partial charge in [0.05, 0.1) is 0 Å². The fourth-order valence-electron chi connectivity index (χ4n) is 1.81. The number of halogens is 1. The van der Waals surface area contributed by atoms with Gasteiger partial charge in [0.25, 0.3) is 5.91 Å². The lowest BCUT2D eigenvalue weighted by Gasteiger charge is -2.05. The van der Waals surface area contributed by atoms with E-state index in [1.807, 2.05) is 0 Å². The summed E-state index contributed by atoms with van der Waals surface area (Å²) >= 11 is 0. The van der Waals surface area contributed by atoms with Gasteiger partial charge in [-0.25, -0.2) is 4.39 Å². The van der Waals surface area contributed by atoms with Gasteiger partial charge in [0.15, 0.2) is 0 Å². The van der Waals surface area contributed by atoms with Crippen LogP contribution < -0.4 is 10.6 Å². The van der Waals surface area contributed by atoms with E-state index < -0.39 is 0 Å². The first kappa shape index (κ1) is 15.4. The molecule has 0 bridgehead atoms. The van der Waals surface area contributed by atoms with Crippen LogP contribution in [0.2, 0.25) is 0 Å². The molecule has 2 amide bonds. The summed E-state index contributed by atoms with van der Waals surface area (Å²) < 4.78 is 12.8. The van der Waals surface area contributed by atoms with Gasteiger partial charge in [0.2, 0.25) is 5.91 Å². The molecule has 4 nitrogen and oxygen atoms in total. The highest BCUT2D eigenvalue weighted by molar-refractivity contribution is 6.03. The number of carbonyl (C=O) groups is 2. The molecule has 2 N–H and O–H groups in total. The Labute approximate surface area is 127 Å². The maximum absolute atomic E-state index is 12.8. The summed E-state index contributed by atoms with van der Waals surface area (Å²) in [6, 6.07) is 12.4. The second-order valence-corrected chi connectivity index (χ2v) is 4.53. The van der Waals surface area contributed by atoms with E-state index in [1.54, 1.807) is 49.5 Å². The van der Waals surface area contributed by atoms with Crippen LogP contribution in [0.5, 0.6) is 0 Å². The van der Waals surface area contributed by atoms with Gasteiger partial charge in [-0.3, -0.25) is 9.59 Å². The molecule has 2 aromatic rings. The summed E-state index contributed by atoms with van der Waals surface area (Å²) in [6.07, 6.45) is 2.93. The minimum Gasteiger partial charge on any atom is -0.355 e. The van der Waals surface area contributed by atoms with Crippen molar-refractivity contribution in [3.8, 4) is 0 Å². The molecular formula is C17H15FN2O2. The van der Waals surface area contributed by atoms with E-state index in [9.17, 15) is 14.0 Å². The second-order valence-electron chi connectivity index (χ2n) is 4.53. The first-order valence-corrected chi connectivity index (χ1v) is 6.65. The Kier molecular flexibility index (Phi) is 5.03. The summed E-state index contributed by atoms with van der Waals surface area (Å²) in [5.74, 6) is -0.885. The number of carbonyl (C=O) groups excluding carboxylic acids is 2. The van der Waals surface area contributed by atoms with Crippen molar-refractivity contribution >= 4 is 23.6 Å². The molecule has 0 aliphatic heterocycles. The fourth-order valence-corrected chi connectivity index (χ4v) is 1.81. The predicted octanol–water partition coefficient (Wildman–Crippen LogP) is 2.84. The number of nitrogens with one attached hydrogen (secondary N) is 2. The predicted molar refractivity (Wildman–Crippen MR) is 83.9 cm³/mol. The quantitative estimate of drug-likeness (QED) is 0.853. The monoisotopic (exact) mass is 298 g/mol. The third-order valence-electron chi connectivity index (χ3n) is 2.92. The van der Waals surface area contributed by atoms with Gasteiger partial charge in [0, 0.05) is 24.4 Å². The molecular weight excluding hydrogens is 283 g/mol. The lowest BCUT2D eigenvalue weighted by atomic mass is 10.2. The molecule has 22 heavy (non-hydrogen) atoms. The molecule has 0 heterocycles. The summed E-state index contributed by atoms with van der Waals surface area (Å²) in [5.41, 5.74) is 1.70. The minimum absolute atomic E-state index is 0.224. The number of amides is 2. The van der Waals surface area contributed by atoms with Crippen LogP contribution in [-0.4, -0.2) is 18.9 Å². The Hall–Kier alpha value is -2.95. The maximum atomic E-state index is 12.8. The Morgan fingerprint density at radius 3 is 2.50 bits per heavy atom. The van der Waals surface area contributed by atoms with E-state index in [-0.39, 0.29) is 17.6 Å². The fraction of sp³-hybridized carbons (Fsp3) is 0.0588. The van der Waals surface area contributed by atoms with E-state index in [1.165, 1.54) is 18.2 Å². The van der Waals surface area contributed by atoms with E-state index in [0.29, 0.717) is 11.3 Å². The average molecular weight is 298 g/mol. The van der Waals surface area contributed by atoms with Crippen molar-refractivity contribution < 1.29 is 14.0 Å². The van der Waals surface area contributed by atoms with Gasteiger partial charge in [-0.2, -0.15) is 0 Å². The normalized spacial score (nSPS) is 10.5. The Bertz CT molecular complexity index is 709. The molecule has 112 valence electrons. The summed E-state index contributed by atoms with van der Waals surface area (Å²) in [7, 11) is 1.54. The highest BCUT2D eigenvalue weighted by Gasteiger charge is 2.04. The highest BCUT2D eigenvalue weighted by Crippen LogP contribution is 2.11. The number of rotatable bonds is 4. The first-order valence-electron chi connectivity index (χ1n) is 6.65. The zero-order chi connectivity index (χ0) is 15.9. The number of benzene rings is 2. The average Bonchev–Trinajstić information content (AvgIpc) is 2.54. The van der Waals surface area contributed by atoms with Crippen molar-refractivity contribution in [2.24, 2.45) is 0 Å². The third-order valence-corrected chi connectivity index (χ3v) is 2.92. The second kappa shape index (κ2) is 7.17. The molecule has 0 saturated heterocycles. The largest absolute Gasteiger partial charge is 0.355 e. The SMILES string of the molecule is CNC(=O)c1cccc(NC(=O)C=Cc2ccc(F)cc2)c1. The Morgan fingerprint density at radius 1 is 1.09 bits per heavy atom. The van der Waals surface area contributed by atoms with Crippen LogP contribution >= 0.6 is 0 Å². The lowest BCUT2D eigenvalue weighted by molar-refractivity contribution is -0.111. The smallest absolute Gasteiger partial charge is 0.251 e. The molecule has 0 aliphatic carbocycles. The van der Waals surface area contributed by atoms with Gasteiger partial charge in [0.1, 0.15) is 5.82 Å². The van der Waals surface area contributed by atoms with Crippen molar-refractivity contribution in [1.82, 2.24) is 5.32 Å². The van der Waals surface area contributed by atoms with E-state index in [0.717, 1.165) is 5.56 Å². The van der Waals surface area contributed by atoms with Crippen LogP contribution in [0.1, 0.15) is 15.9 Å². The number of hydrogen-bond donors (Lipinski definition) is 2. The molecule has 0 aromatic heterocycles. The standard InChI is InChI=1S/C17H15FN2O2/c1-19-17(22)13-3-2-4-15(11-13)20-16(21)10-7-12-5-8-14(18)9-6-12/h2-11H,1H3,(H,19,22)(H,20,21).